The van der Waals surface area contributed by atoms with Crippen molar-refractivity contribution in [1.29, 1.82) is 0 Å². The van der Waals surface area contributed by atoms with Crippen LogP contribution >= 0.6 is 0 Å². The second-order valence-electron chi connectivity index (χ2n) is 5.47. The molecule has 0 saturated heterocycles. The summed E-state index contributed by atoms with van der Waals surface area (Å²) in [5, 5.41) is 6.52. The van der Waals surface area contributed by atoms with E-state index in [-0.39, 0.29) is 23.9 Å². The number of nitrogens with zero attached hydrogens (tertiary/aromatic N) is 3. The summed E-state index contributed by atoms with van der Waals surface area (Å²) in [7, 11) is 4.55. The number of methoxy groups -OCH3 is 1. The van der Waals surface area contributed by atoms with Gasteiger partial charge in [-0.1, -0.05) is 18.2 Å². The van der Waals surface area contributed by atoms with Crippen LogP contribution in [0.2, 0.25) is 0 Å². The van der Waals surface area contributed by atoms with Gasteiger partial charge in [-0.2, -0.15) is 5.10 Å². The average Bonchev–Trinajstić information content (AvgIpc) is 3.09. The fourth-order valence-corrected chi connectivity index (χ4v) is 1.94. The average molecular weight is 360 g/mol. The molecule has 1 aromatic carbocycles. The summed E-state index contributed by atoms with van der Waals surface area (Å²) >= 11 is 0. The van der Waals surface area contributed by atoms with Gasteiger partial charge in [-0.25, -0.2) is 9.48 Å². The number of carbonyl (C=O) groups is 3. The molecule has 0 radical (unpaired) electrons. The molecule has 2 amide bonds. The van der Waals surface area contributed by atoms with Crippen molar-refractivity contribution in [3.8, 4) is 11.4 Å². The molecular formula is C17H20N4O5. The Kier molecular flexibility index (Phi) is 6.31. The summed E-state index contributed by atoms with van der Waals surface area (Å²) < 4.78 is 11.6. The van der Waals surface area contributed by atoms with E-state index in [1.807, 2.05) is 30.3 Å². The zero-order valence-electron chi connectivity index (χ0n) is 14.8. The van der Waals surface area contributed by atoms with Crippen LogP contribution in [0.3, 0.4) is 0 Å². The van der Waals surface area contributed by atoms with Crippen LogP contribution in [0.4, 0.5) is 0 Å². The number of benzene rings is 1. The predicted octanol–water partition coefficient (Wildman–Crippen LogP) is 0.242. The lowest BCUT2D eigenvalue weighted by Gasteiger charge is -2.10. The van der Waals surface area contributed by atoms with E-state index in [4.69, 9.17) is 9.47 Å². The van der Waals surface area contributed by atoms with E-state index in [0.717, 1.165) is 5.69 Å². The molecule has 2 aromatic rings. The summed E-state index contributed by atoms with van der Waals surface area (Å²) in [6.07, 6.45) is 1.54. The maximum Gasteiger partial charge on any atom is 0.363 e. The van der Waals surface area contributed by atoms with Crippen LogP contribution in [-0.4, -0.2) is 66.8 Å². The van der Waals surface area contributed by atoms with E-state index in [2.05, 4.69) is 10.4 Å². The highest BCUT2D eigenvalue weighted by Crippen LogP contribution is 2.20. The molecule has 9 heteroatoms. The second kappa shape index (κ2) is 8.65. The van der Waals surface area contributed by atoms with Crippen molar-refractivity contribution in [3.05, 3.63) is 42.2 Å². The lowest BCUT2D eigenvalue weighted by atomic mass is 10.3. The number of aromatic nitrogens is 2. The van der Waals surface area contributed by atoms with Gasteiger partial charge >= 0.3 is 5.97 Å². The Hall–Kier alpha value is -3.36. The molecule has 26 heavy (non-hydrogen) atoms. The Balaban J connectivity index is 1.98. The monoisotopic (exact) mass is 360 g/mol. The fourth-order valence-electron chi connectivity index (χ4n) is 1.94. The minimum atomic E-state index is -0.800. The highest BCUT2D eigenvalue weighted by Gasteiger charge is 2.21. The van der Waals surface area contributed by atoms with E-state index in [0.29, 0.717) is 0 Å². The molecular weight excluding hydrogens is 340 g/mol. The van der Waals surface area contributed by atoms with Crippen molar-refractivity contribution < 1.29 is 23.9 Å². The fraction of sp³-hybridized carbons (Fsp3) is 0.294. The van der Waals surface area contributed by atoms with Crippen molar-refractivity contribution in [1.82, 2.24) is 20.0 Å². The summed E-state index contributed by atoms with van der Waals surface area (Å²) in [6, 6.07) is 9.16. The predicted molar refractivity (Wildman–Crippen MR) is 92.1 cm³/mol. The number of ether oxygens (including phenoxy) is 2. The Morgan fingerprint density at radius 1 is 1.19 bits per heavy atom. The summed E-state index contributed by atoms with van der Waals surface area (Å²) in [5.74, 6) is -1.43. The molecule has 9 nitrogen and oxygen atoms in total. The van der Waals surface area contributed by atoms with Gasteiger partial charge in [-0.3, -0.25) is 9.59 Å². The van der Waals surface area contributed by atoms with Gasteiger partial charge in [0.15, 0.2) is 12.4 Å². The van der Waals surface area contributed by atoms with E-state index in [9.17, 15) is 14.4 Å². The molecule has 0 fully saturated rings. The SMILES string of the molecule is COc1cn(-c2ccccc2)nc1C(=O)OCC(=O)NCC(=O)N(C)C. The number of amides is 2. The number of hydrogen-bond donors (Lipinski definition) is 1. The van der Waals surface area contributed by atoms with E-state index in [1.165, 1.54) is 16.7 Å². The van der Waals surface area contributed by atoms with Crippen LogP contribution in [0.15, 0.2) is 36.5 Å². The maximum atomic E-state index is 12.2. The summed E-state index contributed by atoms with van der Waals surface area (Å²) in [4.78, 5) is 36.6. The van der Waals surface area contributed by atoms with Crippen LogP contribution in [-0.2, 0) is 14.3 Å². The van der Waals surface area contributed by atoms with Gasteiger partial charge in [0, 0.05) is 14.1 Å². The molecule has 1 heterocycles. The molecule has 0 bridgehead atoms. The zero-order chi connectivity index (χ0) is 19.1. The third-order valence-electron chi connectivity index (χ3n) is 3.38. The topological polar surface area (TPSA) is 103 Å². The van der Waals surface area contributed by atoms with E-state index < -0.39 is 18.5 Å². The van der Waals surface area contributed by atoms with E-state index in [1.54, 1.807) is 20.3 Å². The van der Waals surface area contributed by atoms with Gasteiger partial charge in [0.25, 0.3) is 5.91 Å². The Bertz CT molecular complexity index is 786. The van der Waals surface area contributed by atoms with Gasteiger partial charge < -0.3 is 19.7 Å². The molecule has 0 aliphatic carbocycles. The zero-order valence-corrected chi connectivity index (χ0v) is 14.8. The van der Waals surface area contributed by atoms with E-state index >= 15 is 0 Å². The summed E-state index contributed by atoms with van der Waals surface area (Å²) in [6.45, 7) is -0.698. The van der Waals surface area contributed by atoms with Gasteiger partial charge in [-0.15, -0.1) is 0 Å². The summed E-state index contributed by atoms with van der Waals surface area (Å²) in [5.41, 5.74) is 0.693. The highest BCUT2D eigenvalue weighted by molar-refractivity contribution is 5.92. The Labute approximate surface area is 150 Å². The van der Waals surface area contributed by atoms with Crippen molar-refractivity contribution in [2.45, 2.75) is 0 Å². The quantitative estimate of drug-likeness (QED) is 0.710. The van der Waals surface area contributed by atoms with Gasteiger partial charge in [0.1, 0.15) is 0 Å². The van der Waals surface area contributed by atoms with Crippen molar-refractivity contribution in [3.63, 3.8) is 0 Å². The molecule has 0 aliphatic rings. The number of esters is 1. The largest absolute Gasteiger partial charge is 0.493 e. The molecule has 2 rings (SSSR count). The lowest BCUT2D eigenvalue weighted by Crippen LogP contribution is -2.38. The van der Waals surface area contributed by atoms with Crippen molar-refractivity contribution >= 4 is 17.8 Å². The van der Waals surface area contributed by atoms with Crippen LogP contribution in [0, 0.1) is 0 Å². The Morgan fingerprint density at radius 2 is 1.88 bits per heavy atom. The van der Waals surface area contributed by atoms with Gasteiger partial charge in [0.2, 0.25) is 11.6 Å². The molecule has 1 aromatic heterocycles. The molecule has 138 valence electrons. The first-order valence-corrected chi connectivity index (χ1v) is 7.75. The number of rotatable bonds is 7. The normalized spacial score (nSPS) is 10.1. The molecule has 0 unspecified atom stereocenters. The lowest BCUT2D eigenvalue weighted by molar-refractivity contribution is -0.131. The second-order valence-corrected chi connectivity index (χ2v) is 5.47. The molecule has 0 atom stereocenters. The van der Waals surface area contributed by atoms with Crippen LogP contribution in [0.5, 0.6) is 5.75 Å². The third-order valence-corrected chi connectivity index (χ3v) is 3.38. The van der Waals surface area contributed by atoms with Crippen molar-refractivity contribution in [2.75, 3.05) is 34.4 Å². The minimum absolute atomic E-state index is 0.0477. The van der Waals surface area contributed by atoms with Gasteiger partial charge in [-0.05, 0) is 12.1 Å². The van der Waals surface area contributed by atoms with Crippen LogP contribution in [0.25, 0.3) is 5.69 Å². The number of carbonyl (C=O) groups excluding carboxylic acids is 3. The molecule has 0 saturated carbocycles. The molecule has 0 spiro atoms. The first-order valence-electron chi connectivity index (χ1n) is 7.75. The number of hydrogen-bond acceptors (Lipinski definition) is 6. The Morgan fingerprint density at radius 3 is 2.50 bits per heavy atom. The van der Waals surface area contributed by atoms with Crippen molar-refractivity contribution in [2.24, 2.45) is 0 Å². The highest BCUT2D eigenvalue weighted by atomic mass is 16.5. The molecule has 1 N–H and O–H groups in total. The minimum Gasteiger partial charge on any atom is -0.493 e. The standard InChI is InChI=1S/C17H20N4O5/c1-20(2)15(23)9-18-14(22)11-26-17(24)16-13(25-3)10-21(19-16)12-7-5-4-6-8-12/h4-8,10H,9,11H2,1-3H3,(H,18,22). The number of para-hydroxylation sites is 1. The van der Waals surface area contributed by atoms with Gasteiger partial charge in [0.05, 0.1) is 25.5 Å². The first kappa shape index (κ1) is 19.0. The number of likely N-dealkylation sites (N-methyl/N-ethyl adjacent to an activating group) is 1. The van der Waals surface area contributed by atoms with Crippen LogP contribution in [0.1, 0.15) is 10.5 Å². The third kappa shape index (κ3) is 4.82. The smallest absolute Gasteiger partial charge is 0.363 e. The number of nitrogens with one attached hydrogen (secondary N) is 1. The first-order chi connectivity index (χ1) is 12.4. The molecule has 0 aliphatic heterocycles. The maximum absolute atomic E-state index is 12.2. The van der Waals surface area contributed by atoms with Crippen LogP contribution < -0.4 is 10.1 Å².